The molecule has 4 aromatic heterocycles. The smallest absolute Gasteiger partial charge is 0.238 e. The van der Waals surface area contributed by atoms with E-state index in [2.05, 4.69) is 124 Å². The molecule has 0 atom stereocenters. The number of benzene rings is 8. The summed E-state index contributed by atoms with van der Waals surface area (Å²) in [5.74, 6) is 2.46. The molecule has 8 aromatic carbocycles. The fourth-order valence-corrected chi connectivity index (χ4v) is 8.67. The monoisotopic (exact) mass is 793 g/mol. The van der Waals surface area contributed by atoms with Gasteiger partial charge in [0.25, 0.3) is 0 Å². The van der Waals surface area contributed by atoms with Crippen molar-refractivity contribution in [2.75, 3.05) is 0 Å². The van der Waals surface area contributed by atoms with Gasteiger partial charge in [0.1, 0.15) is 0 Å². The molecule has 0 amide bonds. The van der Waals surface area contributed by atoms with Gasteiger partial charge in [-0.25, -0.2) is 15.0 Å². The predicted molar refractivity (Wildman–Crippen MR) is 251 cm³/mol. The van der Waals surface area contributed by atoms with Gasteiger partial charge in [-0.3, -0.25) is 4.57 Å². The molecule has 7 heteroatoms. The molecule has 0 N–H and O–H groups in total. The Morgan fingerprint density at radius 1 is 0.258 bits per heavy atom. The molecule has 12 rings (SSSR count). The zero-order valence-corrected chi connectivity index (χ0v) is 33.3. The Morgan fingerprint density at radius 2 is 0.661 bits per heavy atom. The molecule has 0 fully saturated rings. The summed E-state index contributed by atoms with van der Waals surface area (Å²) in [5, 5.41) is 4.59. The molecular formula is C55H35N7. The third-order valence-corrected chi connectivity index (χ3v) is 11.6. The van der Waals surface area contributed by atoms with Crippen LogP contribution in [0.3, 0.4) is 0 Å². The van der Waals surface area contributed by atoms with Crippen LogP contribution < -0.4 is 0 Å². The SMILES string of the molecule is c1ccc(-c2cc(-c3ccccc3)nc(-c3ccc(-n4c5ccccc5c5cc6c7ccccc7n(-c7nc(-c8ccccc8)nc(-c8ccccc8)n7)c6cc54)cc3)n2)cc1. The Bertz CT molecular complexity index is 3480. The van der Waals surface area contributed by atoms with Gasteiger partial charge < -0.3 is 4.57 Å². The maximum absolute atomic E-state index is 5.19. The van der Waals surface area contributed by atoms with Gasteiger partial charge in [0.2, 0.25) is 5.95 Å². The molecule has 0 unspecified atom stereocenters. The number of aromatic nitrogens is 7. The van der Waals surface area contributed by atoms with Crippen LogP contribution in [0.4, 0.5) is 0 Å². The van der Waals surface area contributed by atoms with Crippen molar-refractivity contribution >= 4 is 43.6 Å². The minimum atomic E-state index is 0.558. The van der Waals surface area contributed by atoms with Gasteiger partial charge in [0.05, 0.1) is 33.5 Å². The van der Waals surface area contributed by atoms with E-state index in [9.17, 15) is 0 Å². The van der Waals surface area contributed by atoms with Crippen molar-refractivity contribution in [2.45, 2.75) is 0 Å². The molecule has 0 bridgehead atoms. The first kappa shape index (κ1) is 35.4. The number of hydrogen-bond acceptors (Lipinski definition) is 5. The first-order valence-electron chi connectivity index (χ1n) is 20.7. The number of para-hydroxylation sites is 2. The second kappa shape index (κ2) is 14.6. The number of fused-ring (bicyclic) bond motifs is 6. The molecule has 0 saturated heterocycles. The molecule has 0 aliphatic carbocycles. The second-order valence-electron chi connectivity index (χ2n) is 15.3. The van der Waals surface area contributed by atoms with Gasteiger partial charge in [0.15, 0.2) is 17.5 Å². The molecule has 0 spiro atoms. The van der Waals surface area contributed by atoms with Crippen LogP contribution in [0.2, 0.25) is 0 Å². The zero-order valence-electron chi connectivity index (χ0n) is 33.3. The van der Waals surface area contributed by atoms with Crippen LogP contribution in [0.15, 0.2) is 212 Å². The molecule has 12 aromatic rings. The average Bonchev–Trinajstić information content (AvgIpc) is 3.86. The molecule has 4 heterocycles. The van der Waals surface area contributed by atoms with Gasteiger partial charge in [0, 0.05) is 55.0 Å². The van der Waals surface area contributed by atoms with Crippen LogP contribution >= 0.6 is 0 Å². The van der Waals surface area contributed by atoms with E-state index in [0.29, 0.717) is 23.4 Å². The molecule has 0 saturated carbocycles. The third kappa shape index (κ3) is 6.02. The lowest BCUT2D eigenvalue weighted by molar-refractivity contribution is 0.953. The summed E-state index contributed by atoms with van der Waals surface area (Å²) in [6, 6.07) is 73.3. The van der Waals surface area contributed by atoms with Crippen molar-refractivity contribution < 1.29 is 0 Å². The number of rotatable bonds is 7. The summed E-state index contributed by atoms with van der Waals surface area (Å²) in [6.07, 6.45) is 0. The Labute approximate surface area is 356 Å². The lowest BCUT2D eigenvalue weighted by Gasteiger charge is -2.12. The van der Waals surface area contributed by atoms with Crippen LogP contribution in [0, 0.1) is 0 Å². The summed E-state index contributed by atoms with van der Waals surface area (Å²) >= 11 is 0. The van der Waals surface area contributed by atoms with E-state index in [1.54, 1.807) is 0 Å². The summed E-state index contributed by atoms with van der Waals surface area (Å²) in [4.78, 5) is 25.6. The molecule has 7 nitrogen and oxygen atoms in total. The molecule has 0 aliphatic heterocycles. The van der Waals surface area contributed by atoms with Crippen molar-refractivity contribution in [1.82, 2.24) is 34.1 Å². The van der Waals surface area contributed by atoms with Gasteiger partial charge >= 0.3 is 0 Å². The molecule has 62 heavy (non-hydrogen) atoms. The standard InChI is InChI=1S/C55H35N7/c1-5-17-36(18-6-1)46-34-47(37-19-7-2-8-20-37)57-52(56-46)40-29-31-41(32-30-40)61-48-27-15-13-25-42(48)44-33-45-43-26-14-16-28-49(43)62(51(45)35-50(44)61)55-59-53(38-21-9-3-10-22-38)58-54(60-55)39-23-11-4-12-24-39/h1-35H. The lowest BCUT2D eigenvalue weighted by atomic mass is 10.1. The topological polar surface area (TPSA) is 74.3 Å². The van der Waals surface area contributed by atoms with Crippen molar-refractivity contribution in [3.8, 4) is 68.3 Å². The van der Waals surface area contributed by atoms with E-state index in [0.717, 1.165) is 83.1 Å². The highest BCUT2D eigenvalue weighted by Gasteiger charge is 2.21. The molecule has 0 aliphatic rings. The van der Waals surface area contributed by atoms with E-state index in [-0.39, 0.29) is 0 Å². The fraction of sp³-hybridized carbons (Fsp3) is 0. The number of nitrogens with zero attached hydrogens (tertiary/aromatic N) is 7. The summed E-state index contributed by atoms with van der Waals surface area (Å²) in [6.45, 7) is 0. The summed E-state index contributed by atoms with van der Waals surface area (Å²) in [7, 11) is 0. The van der Waals surface area contributed by atoms with E-state index in [4.69, 9.17) is 24.9 Å². The van der Waals surface area contributed by atoms with Gasteiger partial charge in [-0.15, -0.1) is 0 Å². The third-order valence-electron chi connectivity index (χ3n) is 11.6. The van der Waals surface area contributed by atoms with Gasteiger partial charge in [-0.05, 0) is 54.6 Å². The minimum absolute atomic E-state index is 0.558. The molecule has 0 radical (unpaired) electrons. The van der Waals surface area contributed by atoms with Crippen LogP contribution in [-0.4, -0.2) is 34.1 Å². The van der Waals surface area contributed by atoms with Crippen LogP contribution in [0.25, 0.3) is 112 Å². The lowest BCUT2D eigenvalue weighted by Crippen LogP contribution is -2.06. The van der Waals surface area contributed by atoms with E-state index in [1.165, 1.54) is 5.39 Å². The van der Waals surface area contributed by atoms with E-state index in [1.807, 2.05) is 97.1 Å². The number of hydrogen-bond donors (Lipinski definition) is 0. The maximum atomic E-state index is 5.19. The maximum Gasteiger partial charge on any atom is 0.238 e. The zero-order chi connectivity index (χ0) is 41.0. The van der Waals surface area contributed by atoms with Crippen LogP contribution in [0.1, 0.15) is 0 Å². The van der Waals surface area contributed by atoms with Crippen molar-refractivity contribution in [1.29, 1.82) is 0 Å². The average molecular weight is 794 g/mol. The van der Waals surface area contributed by atoms with E-state index >= 15 is 0 Å². The quantitative estimate of drug-likeness (QED) is 0.161. The molecular weight excluding hydrogens is 759 g/mol. The van der Waals surface area contributed by atoms with Crippen LogP contribution in [-0.2, 0) is 0 Å². The molecule has 290 valence electrons. The van der Waals surface area contributed by atoms with Crippen molar-refractivity contribution in [3.05, 3.63) is 212 Å². The highest BCUT2D eigenvalue weighted by molar-refractivity contribution is 6.19. The van der Waals surface area contributed by atoms with Crippen molar-refractivity contribution in [3.63, 3.8) is 0 Å². The Kier molecular flexibility index (Phi) is 8.35. The van der Waals surface area contributed by atoms with E-state index < -0.39 is 0 Å². The highest BCUT2D eigenvalue weighted by atomic mass is 15.2. The first-order chi connectivity index (χ1) is 30.7. The van der Waals surface area contributed by atoms with Crippen molar-refractivity contribution in [2.24, 2.45) is 0 Å². The summed E-state index contributed by atoms with van der Waals surface area (Å²) in [5.41, 5.74) is 11.9. The minimum Gasteiger partial charge on any atom is -0.309 e. The Hall–Kier alpha value is -8.55. The highest BCUT2D eigenvalue weighted by Crippen LogP contribution is 2.40. The van der Waals surface area contributed by atoms with Gasteiger partial charge in [-0.2, -0.15) is 9.97 Å². The van der Waals surface area contributed by atoms with Gasteiger partial charge in [-0.1, -0.05) is 158 Å². The second-order valence-corrected chi connectivity index (χ2v) is 15.3. The van der Waals surface area contributed by atoms with Crippen LogP contribution in [0.5, 0.6) is 0 Å². The first-order valence-corrected chi connectivity index (χ1v) is 20.7. The normalized spacial score (nSPS) is 11.5. The largest absolute Gasteiger partial charge is 0.309 e. The fourth-order valence-electron chi connectivity index (χ4n) is 8.67. The predicted octanol–water partition coefficient (Wildman–Crippen LogP) is 13.2. The Balaban J connectivity index is 1.06. The Morgan fingerprint density at radius 3 is 1.18 bits per heavy atom. The summed E-state index contributed by atoms with van der Waals surface area (Å²) < 4.78 is 4.54.